The molecule has 2 rings (SSSR count). The lowest BCUT2D eigenvalue weighted by molar-refractivity contribution is 0.0950. The monoisotopic (exact) mass is 277 g/mol. The van der Waals surface area contributed by atoms with Crippen molar-refractivity contribution in [2.24, 2.45) is 0 Å². The maximum absolute atomic E-state index is 12.1. The Bertz CT molecular complexity index is 673. The van der Waals surface area contributed by atoms with E-state index in [1.165, 1.54) is 0 Å². The van der Waals surface area contributed by atoms with Crippen molar-refractivity contribution >= 4 is 22.9 Å². The highest BCUT2D eigenvalue weighted by Gasteiger charge is 2.11. The quantitative estimate of drug-likeness (QED) is 0.744. The molecule has 0 radical (unpaired) electrons. The van der Waals surface area contributed by atoms with Crippen molar-refractivity contribution in [3.05, 3.63) is 49.6 Å². The number of benzene rings is 1. The molecule has 0 spiro atoms. The molecule has 1 aromatic carbocycles. The molecular formula is C13H15N3O2S. The molecule has 1 heterocycles. The summed E-state index contributed by atoms with van der Waals surface area (Å²) in [6.07, 6.45) is 0. The van der Waals surface area contributed by atoms with Crippen molar-refractivity contribution in [3.63, 3.8) is 0 Å². The van der Waals surface area contributed by atoms with Gasteiger partial charge in [-0.3, -0.25) is 9.59 Å². The Kier molecular flexibility index (Phi) is 3.71. The number of anilines is 1. The minimum Gasteiger partial charge on any atom is -0.398 e. The predicted octanol–water partition coefficient (Wildman–Crippen LogP) is 1.57. The molecule has 6 heteroatoms. The molecule has 0 aliphatic heterocycles. The Hall–Kier alpha value is -2.08. The van der Waals surface area contributed by atoms with E-state index in [2.05, 4.69) is 10.3 Å². The van der Waals surface area contributed by atoms with Crippen LogP contribution in [-0.4, -0.2) is 10.9 Å². The van der Waals surface area contributed by atoms with E-state index in [0.717, 1.165) is 22.5 Å². The van der Waals surface area contributed by atoms with Crippen molar-refractivity contribution in [1.29, 1.82) is 0 Å². The van der Waals surface area contributed by atoms with Crippen LogP contribution in [0.1, 0.15) is 27.2 Å². The van der Waals surface area contributed by atoms with Gasteiger partial charge in [0.1, 0.15) is 0 Å². The summed E-state index contributed by atoms with van der Waals surface area (Å²) in [5.74, 6) is -0.198. The van der Waals surface area contributed by atoms with E-state index in [0.29, 0.717) is 23.5 Å². The van der Waals surface area contributed by atoms with E-state index >= 15 is 0 Å². The van der Waals surface area contributed by atoms with Gasteiger partial charge in [-0.25, -0.2) is 0 Å². The zero-order valence-electron chi connectivity index (χ0n) is 10.7. The number of nitrogens with two attached hydrogens (primary N) is 1. The van der Waals surface area contributed by atoms with Crippen LogP contribution < -0.4 is 15.9 Å². The fourth-order valence-electron chi connectivity index (χ4n) is 1.78. The minimum absolute atomic E-state index is 0.125. The van der Waals surface area contributed by atoms with Gasteiger partial charge in [-0.15, -0.1) is 0 Å². The second-order valence-electron chi connectivity index (χ2n) is 4.38. The van der Waals surface area contributed by atoms with Gasteiger partial charge in [-0.05, 0) is 31.0 Å². The smallest absolute Gasteiger partial charge is 0.304 e. The molecule has 5 nitrogen and oxygen atoms in total. The number of nitrogen functional groups attached to an aromatic ring is 1. The van der Waals surface area contributed by atoms with Crippen LogP contribution >= 0.6 is 11.3 Å². The van der Waals surface area contributed by atoms with Crippen molar-refractivity contribution in [1.82, 2.24) is 10.3 Å². The summed E-state index contributed by atoms with van der Waals surface area (Å²) in [7, 11) is 0. The van der Waals surface area contributed by atoms with Gasteiger partial charge in [0.2, 0.25) is 0 Å². The van der Waals surface area contributed by atoms with Crippen molar-refractivity contribution in [3.8, 4) is 0 Å². The molecule has 100 valence electrons. The van der Waals surface area contributed by atoms with Gasteiger partial charge in [0.05, 0.1) is 6.54 Å². The number of carbonyl (C=O) groups excluding carboxylic acids is 1. The summed E-state index contributed by atoms with van der Waals surface area (Å²) in [5, 5.41) is 4.45. The molecule has 1 amide bonds. The minimum atomic E-state index is -0.198. The van der Waals surface area contributed by atoms with Crippen LogP contribution in [0.15, 0.2) is 22.3 Å². The number of aromatic nitrogens is 1. The van der Waals surface area contributed by atoms with E-state index in [1.54, 1.807) is 11.4 Å². The van der Waals surface area contributed by atoms with Gasteiger partial charge in [0.25, 0.3) is 5.91 Å². The SMILES string of the molecule is Cc1cc(C)c(C(=O)NCc2csc(=O)[nH]2)cc1N. The number of aromatic amines is 1. The lowest BCUT2D eigenvalue weighted by Crippen LogP contribution is -2.24. The third-order valence-electron chi connectivity index (χ3n) is 2.87. The molecule has 1 aromatic heterocycles. The number of aryl methyl sites for hydroxylation is 2. The fraction of sp³-hybridized carbons (Fsp3) is 0.231. The van der Waals surface area contributed by atoms with Crippen LogP contribution in [0, 0.1) is 13.8 Å². The summed E-state index contributed by atoms with van der Waals surface area (Å²) < 4.78 is 0. The molecule has 4 N–H and O–H groups in total. The zero-order chi connectivity index (χ0) is 14.0. The van der Waals surface area contributed by atoms with Crippen LogP contribution in [-0.2, 0) is 6.54 Å². The van der Waals surface area contributed by atoms with Gasteiger partial charge in [0, 0.05) is 22.3 Å². The van der Waals surface area contributed by atoms with Gasteiger partial charge in [0.15, 0.2) is 0 Å². The van der Waals surface area contributed by atoms with E-state index in [4.69, 9.17) is 5.73 Å². The molecule has 0 bridgehead atoms. The van der Waals surface area contributed by atoms with E-state index in [1.807, 2.05) is 19.9 Å². The highest BCUT2D eigenvalue weighted by molar-refractivity contribution is 7.07. The third-order valence-corrected chi connectivity index (χ3v) is 3.59. The molecular weight excluding hydrogens is 262 g/mol. The van der Waals surface area contributed by atoms with Crippen LogP contribution in [0.5, 0.6) is 0 Å². The number of H-pyrrole nitrogens is 1. The summed E-state index contributed by atoms with van der Waals surface area (Å²) in [5.41, 5.74) is 9.49. The van der Waals surface area contributed by atoms with E-state index < -0.39 is 0 Å². The molecule has 0 fully saturated rings. The summed E-state index contributed by atoms with van der Waals surface area (Å²) in [6.45, 7) is 4.07. The highest BCUT2D eigenvalue weighted by Crippen LogP contribution is 2.17. The molecule has 0 saturated carbocycles. The lowest BCUT2D eigenvalue weighted by atomic mass is 10.0. The summed E-state index contributed by atoms with van der Waals surface area (Å²) in [4.78, 5) is 25.5. The average Bonchev–Trinajstić information content (AvgIpc) is 2.77. The van der Waals surface area contributed by atoms with Crippen molar-refractivity contribution < 1.29 is 4.79 Å². The summed E-state index contributed by atoms with van der Waals surface area (Å²) >= 11 is 1.08. The first kappa shape index (κ1) is 13.4. The molecule has 0 unspecified atom stereocenters. The summed E-state index contributed by atoms with van der Waals surface area (Å²) in [6, 6.07) is 3.56. The standard InChI is InChI=1S/C13H15N3O2S/c1-7-3-8(2)11(14)4-10(7)12(17)15-5-9-6-19-13(18)16-9/h3-4,6H,5,14H2,1-2H3,(H,15,17)(H,16,18). The molecule has 2 aromatic rings. The molecule has 0 atom stereocenters. The first-order valence-corrected chi connectivity index (χ1v) is 6.67. The van der Waals surface area contributed by atoms with Gasteiger partial charge >= 0.3 is 4.87 Å². The first-order valence-electron chi connectivity index (χ1n) is 5.79. The Labute approximate surface area is 114 Å². The number of hydrogen-bond acceptors (Lipinski definition) is 4. The lowest BCUT2D eigenvalue weighted by Gasteiger charge is -2.09. The Morgan fingerprint density at radius 2 is 2.11 bits per heavy atom. The second-order valence-corrected chi connectivity index (χ2v) is 5.22. The largest absolute Gasteiger partial charge is 0.398 e. The number of amides is 1. The third kappa shape index (κ3) is 3.03. The molecule has 0 aliphatic rings. The number of hydrogen-bond donors (Lipinski definition) is 3. The average molecular weight is 277 g/mol. The van der Waals surface area contributed by atoms with Crippen LogP contribution in [0.2, 0.25) is 0 Å². The number of thiazole rings is 1. The molecule has 0 aliphatic carbocycles. The number of nitrogens with one attached hydrogen (secondary N) is 2. The number of rotatable bonds is 3. The van der Waals surface area contributed by atoms with Gasteiger partial charge in [-0.1, -0.05) is 17.4 Å². The maximum atomic E-state index is 12.1. The Balaban J connectivity index is 2.12. The topological polar surface area (TPSA) is 88.0 Å². The first-order chi connectivity index (χ1) is 8.97. The van der Waals surface area contributed by atoms with Crippen LogP contribution in [0.4, 0.5) is 5.69 Å². The second kappa shape index (κ2) is 5.27. The van der Waals surface area contributed by atoms with Gasteiger partial charge in [-0.2, -0.15) is 0 Å². The fourth-order valence-corrected chi connectivity index (χ4v) is 2.37. The van der Waals surface area contributed by atoms with Crippen LogP contribution in [0.25, 0.3) is 0 Å². The van der Waals surface area contributed by atoms with E-state index in [9.17, 15) is 9.59 Å². The Morgan fingerprint density at radius 3 is 2.74 bits per heavy atom. The predicted molar refractivity (Wildman–Crippen MR) is 76.4 cm³/mol. The Morgan fingerprint density at radius 1 is 1.37 bits per heavy atom. The number of carbonyl (C=O) groups is 1. The molecule has 19 heavy (non-hydrogen) atoms. The van der Waals surface area contributed by atoms with Crippen molar-refractivity contribution in [2.45, 2.75) is 20.4 Å². The van der Waals surface area contributed by atoms with Crippen molar-refractivity contribution in [2.75, 3.05) is 5.73 Å². The highest BCUT2D eigenvalue weighted by atomic mass is 32.1. The normalized spacial score (nSPS) is 10.4. The van der Waals surface area contributed by atoms with E-state index in [-0.39, 0.29) is 10.8 Å². The maximum Gasteiger partial charge on any atom is 0.304 e. The van der Waals surface area contributed by atoms with Crippen LogP contribution in [0.3, 0.4) is 0 Å². The van der Waals surface area contributed by atoms with Gasteiger partial charge < -0.3 is 16.0 Å². The molecule has 0 saturated heterocycles. The zero-order valence-corrected chi connectivity index (χ0v) is 11.6.